The minimum atomic E-state index is 0.0299. The van der Waals surface area contributed by atoms with E-state index < -0.39 is 0 Å². The summed E-state index contributed by atoms with van der Waals surface area (Å²) >= 11 is 1.61. The largest absolute Gasteiger partial charge is 0.272 e. The van der Waals surface area contributed by atoms with E-state index in [0.29, 0.717) is 6.42 Å². The summed E-state index contributed by atoms with van der Waals surface area (Å²) in [6.45, 7) is 2.02. The van der Waals surface area contributed by atoms with Crippen LogP contribution in [0, 0.1) is 6.92 Å². The first-order chi connectivity index (χ1) is 8.74. The molecule has 18 heavy (non-hydrogen) atoms. The molecule has 0 fully saturated rings. The van der Waals surface area contributed by atoms with E-state index in [1.165, 1.54) is 10.6 Å². The second-order valence-electron chi connectivity index (χ2n) is 4.24. The topological polar surface area (TPSA) is 32.7 Å². The predicted molar refractivity (Wildman–Crippen MR) is 74.1 cm³/mol. The van der Waals surface area contributed by atoms with Crippen LogP contribution in [-0.2, 0) is 4.79 Å². The van der Waals surface area contributed by atoms with Gasteiger partial charge in [0.25, 0.3) is 5.91 Å². The highest BCUT2D eigenvalue weighted by Crippen LogP contribution is 2.24. The number of carbonyl (C=O) groups is 1. The van der Waals surface area contributed by atoms with Crippen molar-refractivity contribution in [2.45, 2.75) is 13.3 Å². The van der Waals surface area contributed by atoms with Crippen molar-refractivity contribution in [1.82, 2.24) is 0 Å². The molecule has 1 aromatic carbocycles. The smallest absolute Gasteiger partial charge is 0.253 e. The molecule has 0 N–H and O–H groups in total. The van der Waals surface area contributed by atoms with Gasteiger partial charge in [-0.1, -0.05) is 23.8 Å². The molecule has 4 heteroatoms. The lowest BCUT2D eigenvalue weighted by Crippen LogP contribution is -2.19. The Morgan fingerprint density at radius 3 is 2.67 bits per heavy atom. The van der Waals surface area contributed by atoms with Crippen molar-refractivity contribution in [3.8, 4) is 0 Å². The van der Waals surface area contributed by atoms with Gasteiger partial charge in [0.1, 0.15) is 0 Å². The van der Waals surface area contributed by atoms with Crippen LogP contribution in [0.25, 0.3) is 0 Å². The molecule has 0 unspecified atom stereocenters. The summed E-state index contributed by atoms with van der Waals surface area (Å²) in [7, 11) is 0. The molecule has 0 atom stereocenters. The average molecular weight is 256 g/mol. The van der Waals surface area contributed by atoms with Crippen molar-refractivity contribution in [3.05, 3.63) is 52.2 Å². The molecular weight excluding hydrogens is 244 g/mol. The lowest BCUT2D eigenvalue weighted by molar-refractivity contribution is -0.116. The quantitative estimate of drug-likeness (QED) is 0.812. The number of amides is 1. The Kier molecular flexibility index (Phi) is 2.72. The molecule has 1 aliphatic heterocycles. The van der Waals surface area contributed by atoms with Crippen LogP contribution in [0.5, 0.6) is 0 Å². The number of hydrogen-bond donors (Lipinski definition) is 0. The standard InChI is InChI=1S/C14H12N2OS/c1-10-4-6-11(7-5-10)16-14(17)9-12(15-16)13-3-2-8-18-13/h2-8H,9H2,1H3. The lowest BCUT2D eigenvalue weighted by Gasteiger charge is -2.11. The fraction of sp³-hybridized carbons (Fsp3) is 0.143. The van der Waals surface area contributed by atoms with E-state index in [1.54, 1.807) is 11.3 Å². The molecule has 3 rings (SSSR count). The fourth-order valence-electron chi connectivity index (χ4n) is 1.90. The third-order valence-corrected chi connectivity index (χ3v) is 3.78. The predicted octanol–water partition coefficient (Wildman–Crippen LogP) is 3.20. The van der Waals surface area contributed by atoms with Gasteiger partial charge in [-0.25, -0.2) is 5.01 Å². The maximum atomic E-state index is 12.0. The van der Waals surface area contributed by atoms with Crippen LogP contribution >= 0.6 is 11.3 Å². The zero-order chi connectivity index (χ0) is 12.5. The molecule has 2 heterocycles. The monoisotopic (exact) mass is 256 g/mol. The highest BCUT2D eigenvalue weighted by Gasteiger charge is 2.26. The first-order valence-electron chi connectivity index (χ1n) is 5.75. The molecule has 1 aromatic heterocycles. The highest BCUT2D eigenvalue weighted by atomic mass is 32.1. The summed E-state index contributed by atoms with van der Waals surface area (Å²) in [5.74, 6) is 0.0299. The van der Waals surface area contributed by atoms with Crippen LogP contribution in [0.15, 0.2) is 46.9 Å². The van der Waals surface area contributed by atoms with Gasteiger partial charge >= 0.3 is 0 Å². The minimum absolute atomic E-state index is 0.0299. The summed E-state index contributed by atoms with van der Waals surface area (Å²) in [6.07, 6.45) is 0.383. The normalized spacial score (nSPS) is 15.1. The van der Waals surface area contributed by atoms with Gasteiger partial charge in [0.05, 0.1) is 22.7 Å². The number of thiophene rings is 1. The summed E-state index contributed by atoms with van der Waals surface area (Å²) in [5.41, 5.74) is 2.86. The first kappa shape index (κ1) is 11.2. The number of rotatable bonds is 2. The van der Waals surface area contributed by atoms with E-state index in [1.807, 2.05) is 48.7 Å². The second kappa shape index (κ2) is 4.38. The van der Waals surface area contributed by atoms with Crippen LogP contribution < -0.4 is 5.01 Å². The van der Waals surface area contributed by atoms with Crippen LogP contribution in [0.3, 0.4) is 0 Å². The van der Waals surface area contributed by atoms with Gasteiger partial charge in [0.2, 0.25) is 0 Å². The van der Waals surface area contributed by atoms with E-state index >= 15 is 0 Å². The minimum Gasteiger partial charge on any atom is -0.272 e. The van der Waals surface area contributed by atoms with E-state index in [2.05, 4.69) is 5.10 Å². The van der Waals surface area contributed by atoms with Gasteiger partial charge in [-0.05, 0) is 30.5 Å². The maximum absolute atomic E-state index is 12.0. The maximum Gasteiger partial charge on any atom is 0.253 e. The first-order valence-corrected chi connectivity index (χ1v) is 6.63. The third kappa shape index (κ3) is 1.95. The van der Waals surface area contributed by atoms with E-state index in [9.17, 15) is 4.79 Å². The van der Waals surface area contributed by atoms with Gasteiger partial charge in [0.15, 0.2) is 0 Å². The Bertz CT molecular complexity index is 599. The van der Waals surface area contributed by atoms with Gasteiger partial charge < -0.3 is 0 Å². The summed E-state index contributed by atoms with van der Waals surface area (Å²) in [4.78, 5) is 13.0. The molecular formula is C14H12N2OS. The molecule has 1 amide bonds. The molecule has 0 bridgehead atoms. The van der Waals surface area contributed by atoms with E-state index in [4.69, 9.17) is 0 Å². The van der Waals surface area contributed by atoms with Gasteiger partial charge in [0, 0.05) is 0 Å². The molecule has 0 saturated heterocycles. The second-order valence-corrected chi connectivity index (χ2v) is 5.19. The van der Waals surface area contributed by atoms with E-state index in [0.717, 1.165) is 16.3 Å². The lowest BCUT2D eigenvalue weighted by atomic mass is 10.2. The Balaban J connectivity index is 1.93. The zero-order valence-corrected chi connectivity index (χ0v) is 10.8. The Morgan fingerprint density at radius 2 is 2.00 bits per heavy atom. The molecule has 2 aromatic rings. The molecule has 90 valence electrons. The van der Waals surface area contributed by atoms with Gasteiger partial charge in [-0.15, -0.1) is 11.3 Å². The average Bonchev–Trinajstić information content (AvgIpc) is 2.99. The van der Waals surface area contributed by atoms with Crippen molar-refractivity contribution in [2.24, 2.45) is 5.10 Å². The molecule has 1 aliphatic rings. The molecule has 0 aliphatic carbocycles. The van der Waals surface area contributed by atoms with Crippen molar-refractivity contribution in [1.29, 1.82) is 0 Å². The Hall–Kier alpha value is -1.94. The SMILES string of the molecule is Cc1ccc(N2N=C(c3cccs3)CC2=O)cc1. The number of aryl methyl sites for hydroxylation is 1. The number of nitrogens with zero attached hydrogens (tertiary/aromatic N) is 2. The van der Waals surface area contributed by atoms with Crippen molar-refractivity contribution >= 4 is 28.6 Å². The van der Waals surface area contributed by atoms with Gasteiger partial charge in [-0.3, -0.25) is 4.79 Å². The fourth-order valence-corrected chi connectivity index (χ4v) is 2.61. The summed E-state index contributed by atoms with van der Waals surface area (Å²) in [6, 6.07) is 11.8. The van der Waals surface area contributed by atoms with E-state index in [-0.39, 0.29) is 5.91 Å². The molecule has 0 radical (unpaired) electrons. The third-order valence-electron chi connectivity index (χ3n) is 2.86. The van der Waals surface area contributed by atoms with Crippen molar-refractivity contribution in [3.63, 3.8) is 0 Å². The number of carbonyl (C=O) groups excluding carboxylic acids is 1. The number of anilines is 1. The Morgan fingerprint density at radius 1 is 1.22 bits per heavy atom. The van der Waals surface area contributed by atoms with Crippen LogP contribution in [0.1, 0.15) is 16.9 Å². The number of benzene rings is 1. The van der Waals surface area contributed by atoms with Crippen molar-refractivity contribution in [2.75, 3.05) is 5.01 Å². The van der Waals surface area contributed by atoms with Crippen LogP contribution in [-0.4, -0.2) is 11.6 Å². The van der Waals surface area contributed by atoms with Gasteiger partial charge in [-0.2, -0.15) is 5.10 Å². The molecule has 0 spiro atoms. The van der Waals surface area contributed by atoms with Crippen LogP contribution in [0.2, 0.25) is 0 Å². The summed E-state index contributed by atoms with van der Waals surface area (Å²) < 4.78 is 0. The molecule has 0 saturated carbocycles. The van der Waals surface area contributed by atoms with Crippen molar-refractivity contribution < 1.29 is 4.79 Å². The number of hydrazone groups is 1. The zero-order valence-electron chi connectivity index (χ0n) is 9.96. The Labute approximate surface area is 109 Å². The summed E-state index contributed by atoms with van der Waals surface area (Å²) in [5, 5.41) is 7.91. The molecule has 3 nitrogen and oxygen atoms in total. The number of hydrogen-bond acceptors (Lipinski definition) is 3. The van der Waals surface area contributed by atoms with Crippen LogP contribution in [0.4, 0.5) is 5.69 Å². The highest BCUT2D eigenvalue weighted by molar-refractivity contribution is 7.12.